The van der Waals surface area contributed by atoms with Gasteiger partial charge in [0.1, 0.15) is 0 Å². The summed E-state index contributed by atoms with van der Waals surface area (Å²) in [5, 5.41) is 0. The van der Waals surface area contributed by atoms with Crippen molar-refractivity contribution in [2.75, 3.05) is 7.11 Å². The summed E-state index contributed by atoms with van der Waals surface area (Å²) in [5.41, 5.74) is 0.894. The molecule has 0 saturated heterocycles. The highest BCUT2D eigenvalue weighted by atomic mass is 16.5. The van der Waals surface area contributed by atoms with Crippen LogP contribution in [0, 0.1) is 13.8 Å². The fourth-order valence-electron chi connectivity index (χ4n) is 0.717. The standard InChI is InChI=1S/C8H11NO/c1-6-4-5-7(2)9-8(6)10-3/h4-5H,1-3H3/i2D3. The molecule has 10 heavy (non-hydrogen) atoms. The lowest BCUT2D eigenvalue weighted by atomic mass is 10.3. The first-order valence-electron chi connectivity index (χ1n) is 4.47. The first-order valence-corrected chi connectivity index (χ1v) is 2.97. The van der Waals surface area contributed by atoms with Crippen LogP contribution in [-0.2, 0) is 0 Å². The molecule has 0 amide bonds. The predicted molar refractivity (Wildman–Crippen MR) is 40.3 cm³/mol. The summed E-state index contributed by atoms with van der Waals surface area (Å²) >= 11 is 0. The molecule has 2 heteroatoms. The summed E-state index contributed by atoms with van der Waals surface area (Å²) in [7, 11) is 1.47. The Balaban J connectivity index is 3.14. The zero-order chi connectivity index (χ0) is 10.1. The Morgan fingerprint density at radius 3 is 3.00 bits per heavy atom. The van der Waals surface area contributed by atoms with Crippen LogP contribution in [0.5, 0.6) is 5.88 Å². The summed E-state index contributed by atoms with van der Waals surface area (Å²) in [4.78, 5) is 3.88. The molecule has 0 spiro atoms. The molecule has 0 aliphatic carbocycles. The van der Waals surface area contributed by atoms with Crippen LogP contribution in [0.3, 0.4) is 0 Å². The van der Waals surface area contributed by atoms with Gasteiger partial charge in [0.05, 0.1) is 7.11 Å². The maximum absolute atomic E-state index is 7.13. The van der Waals surface area contributed by atoms with E-state index >= 15 is 0 Å². The van der Waals surface area contributed by atoms with Gasteiger partial charge in [-0.15, -0.1) is 0 Å². The Morgan fingerprint density at radius 2 is 2.40 bits per heavy atom. The van der Waals surface area contributed by atoms with Gasteiger partial charge in [0.2, 0.25) is 5.88 Å². The lowest BCUT2D eigenvalue weighted by Crippen LogP contribution is -1.91. The van der Waals surface area contributed by atoms with Crippen molar-refractivity contribution in [2.24, 2.45) is 0 Å². The second kappa shape index (κ2) is 2.69. The van der Waals surface area contributed by atoms with E-state index in [0.29, 0.717) is 5.88 Å². The molecule has 1 heterocycles. The molecule has 0 fully saturated rings. The molecule has 1 aromatic rings. The lowest BCUT2D eigenvalue weighted by molar-refractivity contribution is 0.393. The molecule has 0 saturated carbocycles. The maximum Gasteiger partial charge on any atom is 0.216 e. The molecular formula is C8H11NO. The van der Waals surface area contributed by atoms with Gasteiger partial charge >= 0.3 is 0 Å². The number of methoxy groups -OCH3 is 1. The molecular weight excluding hydrogens is 126 g/mol. The van der Waals surface area contributed by atoms with Crippen molar-refractivity contribution >= 4 is 0 Å². The van der Waals surface area contributed by atoms with Gasteiger partial charge in [0, 0.05) is 15.4 Å². The summed E-state index contributed by atoms with van der Waals surface area (Å²) in [6.07, 6.45) is 0. The van der Waals surface area contributed by atoms with E-state index in [0.717, 1.165) is 5.56 Å². The lowest BCUT2D eigenvalue weighted by Gasteiger charge is -2.02. The van der Waals surface area contributed by atoms with E-state index in [1.54, 1.807) is 6.07 Å². The Bertz CT molecular complexity index is 309. The summed E-state index contributed by atoms with van der Waals surface area (Å²) in [6.45, 7) is -0.351. The van der Waals surface area contributed by atoms with Crippen molar-refractivity contribution in [1.29, 1.82) is 0 Å². The van der Waals surface area contributed by atoms with Gasteiger partial charge in [-0.05, 0) is 19.8 Å². The molecule has 0 unspecified atom stereocenters. The Labute approximate surface area is 65.1 Å². The number of nitrogens with zero attached hydrogens (tertiary/aromatic N) is 1. The fourth-order valence-corrected chi connectivity index (χ4v) is 0.717. The molecule has 54 valence electrons. The average molecular weight is 140 g/mol. The summed E-state index contributed by atoms with van der Waals surface area (Å²) in [6, 6.07) is 3.18. The number of ether oxygens (including phenoxy) is 1. The number of rotatable bonds is 1. The average Bonchev–Trinajstić information content (AvgIpc) is 2.03. The van der Waals surface area contributed by atoms with Gasteiger partial charge in [0.25, 0.3) is 0 Å². The van der Waals surface area contributed by atoms with E-state index in [1.807, 2.05) is 6.92 Å². The van der Waals surface area contributed by atoms with Gasteiger partial charge < -0.3 is 4.74 Å². The summed E-state index contributed by atoms with van der Waals surface area (Å²) < 4.78 is 26.3. The second-order valence-electron chi connectivity index (χ2n) is 2.02. The van der Waals surface area contributed by atoms with Gasteiger partial charge in [-0.25, -0.2) is 4.98 Å². The normalized spacial score (nSPS) is 15.2. The Morgan fingerprint density at radius 1 is 1.60 bits per heavy atom. The number of hydrogen-bond acceptors (Lipinski definition) is 2. The van der Waals surface area contributed by atoms with Crippen LogP contribution >= 0.6 is 0 Å². The van der Waals surface area contributed by atoms with Crippen LogP contribution in [0.25, 0.3) is 0 Å². The van der Waals surface area contributed by atoms with Crippen molar-refractivity contribution in [3.05, 3.63) is 23.4 Å². The minimum Gasteiger partial charge on any atom is -0.481 e. The molecule has 1 aromatic heterocycles. The highest BCUT2D eigenvalue weighted by molar-refractivity contribution is 5.25. The van der Waals surface area contributed by atoms with Gasteiger partial charge in [-0.1, -0.05) is 6.07 Å². The van der Waals surface area contributed by atoms with Crippen LogP contribution in [0.2, 0.25) is 0 Å². The van der Waals surface area contributed by atoms with Crippen LogP contribution in [0.4, 0.5) is 0 Å². The topological polar surface area (TPSA) is 22.1 Å². The van der Waals surface area contributed by atoms with Crippen molar-refractivity contribution in [3.8, 4) is 5.88 Å². The molecule has 0 atom stereocenters. The third-order valence-electron chi connectivity index (χ3n) is 1.24. The van der Waals surface area contributed by atoms with Crippen molar-refractivity contribution < 1.29 is 8.85 Å². The molecule has 0 aromatic carbocycles. The second-order valence-corrected chi connectivity index (χ2v) is 2.02. The largest absolute Gasteiger partial charge is 0.481 e. The van der Waals surface area contributed by atoms with Crippen molar-refractivity contribution in [2.45, 2.75) is 13.8 Å². The monoisotopic (exact) mass is 140 g/mol. The van der Waals surface area contributed by atoms with E-state index in [1.165, 1.54) is 13.2 Å². The Hall–Kier alpha value is -1.05. The Kier molecular flexibility index (Phi) is 1.07. The van der Waals surface area contributed by atoms with E-state index in [2.05, 4.69) is 4.98 Å². The number of aromatic nitrogens is 1. The van der Waals surface area contributed by atoms with E-state index < -0.39 is 6.85 Å². The molecule has 2 nitrogen and oxygen atoms in total. The molecule has 0 aliphatic heterocycles. The zero-order valence-electron chi connectivity index (χ0n) is 9.01. The SMILES string of the molecule is [2H]C([2H])([2H])c1ccc(C)c(OC)n1. The van der Waals surface area contributed by atoms with E-state index in [-0.39, 0.29) is 5.69 Å². The quantitative estimate of drug-likeness (QED) is 0.592. The maximum atomic E-state index is 7.13. The van der Waals surface area contributed by atoms with Gasteiger partial charge in [-0.2, -0.15) is 0 Å². The summed E-state index contributed by atoms with van der Waals surface area (Å²) in [5.74, 6) is 0.369. The molecule has 0 N–H and O–H groups in total. The minimum atomic E-state index is -2.17. The first kappa shape index (κ1) is 3.96. The van der Waals surface area contributed by atoms with Crippen LogP contribution < -0.4 is 4.74 Å². The van der Waals surface area contributed by atoms with E-state index in [4.69, 9.17) is 8.85 Å². The minimum absolute atomic E-state index is 0.0648. The molecule has 0 radical (unpaired) electrons. The van der Waals surface area contributed by atoms with Crippen molar-refractivity contribution in [3.63, 3.8) is 0 Å². The molecule has 0 aliphatic rings. The first-order chi connectivity index (χ1) is 5.95. The molecule has 1 rings (SSSR count). The molecule has 0 bridgehead atoms. The van der Waals surface area contributed by atoms with Gasteiger partial charge in [-0.3, -0.25) is 0 Å². The third kappa shape index (κ3) is 1.26. The predicted octanol–water partition coefficient (Wildman–Crippen LogP) is 1.71. The number of aryl methyl sites for hydroxylation is 2. The van der Waals surface area contributed by atoms with Crippen LogP contribution in [-0.4, -0.2) is 12.1 Å². The van der Waals surface area contributed by atoms with Crippen LogP contribution in [0.1, 0.15) is 15.4 Å². The fraction of sp³-hybridized carbons (Fsp3) is 0.375. The van der Waals surface area contributed by atoms with E-state index in [9.17, 15) is 0 Å². The highest BCUT2D eigenvalue weighted by Gasteiger charge is 1.96. The van der Waals surface area contributed by atoms with Crippen molar-refractivity contribution in [1.82, 2.24) is 4.98 Å². The number of hydrogen-bond donors (Lipinski definition) is 0. The third-order valence-corrected chi connectivity index (χ3v) is 1.24. The highest BCUT2D eigenvalue weighted by Crippen LogP contribution is 2.12. The smallest absolute Gasteiger partial charge is 0.216 e. The van der Waals surface area contributed by atoms with Gasteiger partial charge in [0.15, 0.2) is 0 Å². The zero-order valence-corrected chi connectivity index (χ0v) is 6.01. The number of pyridine rings is 1. The van der Waals surface area contributed by atoms with Crippen LogP contribution in [0.15, 0.2) is 12.1 Å².